The zero-order valence-corrected chi connectivity index (χ0v) is 21.5. The van der Waals surface area contributed by atoms with Crippen molar-refractivity contribution in [3.63, 3.8) is 0 Å². The Morgan fingerprint density at radius 3 is 2.64 bits per heavy atom. The van der Waals surface area contributed by atoms with Gasteiger partial charge in [0.1, 0.15) is 0 Å². The van der Waals surface area contributed by atoms with E-state index in [4.69, 9.17) is 4.74 Å². The Morgan fingerprint density at radius 1 is 1.21 bits per heavy atom. The Bertz CT molecular complexity index is 734. The minimum absolute atomic E-state index is 0.234. The molecular formula is C29H48O4. The van der Waals surface area contributed by atoms with Gasteiger partial charge >= 0.3 is 0 Å². The summed E-state index contributed by atoms with van der Waals surface area (Å²) >= 11 is 0. The van der Waals surface area contributed by atoms with Gasteiger partial charge in [-0.25, -0.2) is 0 Å². The van der Waals surface area contributed by atoms with Crippen LogP contribution in [0.15, 0.2) is 35.5 Å². The molecule has 4 heteroatoms. The monoisotopic (exact) mass is 460 g/mol. The molecule has 4 nitrogen and oxygen atoms in total. The van der Waals surface area contributed by atoms with Gasteiger partial charge in [0, 0.05) is 13.0 Å². The van der Waals surface area contributed by atoms with Crippen molar-refractivity contribution in [2.24, 2.45) is 17.3 Å². The number of fused-ring (bicyclic) bond motifs is 1. The van der Waals surface area contributed by atoms with Gasteiger partial charge in [-0.1, -0.05) is 45.1 Å². The number of hydrogen-bond donors (Lipinski definition) is 3. The Hall–Kier alpha value is -0.940. The fraction of sp³-hybridized carbons (Fsp3) is 0.793. The van der Waals surface area contributed by atoms with Gasteiger partial charge in [-0.2, -0.15) is 0 Å². The molecule has 188 valence electrons. The van der Waals surface area contributed by atoms with Crippen LogP contribution in [0.1, 0.15) is 98.3 Å². The SMILES string of the molecule is C=C1/C(=C\C=C2\CCC[C@]3(C)[C@@H]2CC[C@@H]3[C@H](C)OCCCC(O)(CC)CC)C[C@H](O)C[C@H]1O. The van der Waals surface area contributed by atoms with E-state index in [0.29, 0.717) is 24.7 Å². The van der Waals surface area contributed by atoms with Crippen molar-refractivity contribution in [2.45, 2.75) is 122 Å². The maximum Gasteiger partial charge on any atom is 0.0811 e. The molecule has 33 heavy (non-hydrogen) atoms. The first-order chi connectivity index (χ1) is 15.6. The molecule has 3 aliphatic rings. The van der Waals surface area contributed by atoms with E-state index in [-0.39, 0.29) is 11.5 Å². The topological polar surface area (TPSA) is 69.9 Å². The molecule has 0 aromatic carbocycles. The van der Waals surface area contributed by atoms with E-state index in [1.807, 2.05) is 0 Å². The highest BCUT2D eigenvalue weighted by molar-refractivity contribution is 5.38. The van der Waals surface area contributed by atoms with Gasteiger partial charge in [-0.05, 0) is 99.5 Å². The molecule has 0 aromatic rings. The summed E-state index contributed by atoms with van der Waals surface area (Å²) in [5.41, 5.74) is 3.00. The van der Waals surface area contributed by atoms with Crippen molar-refractivity contribution in [1.29, 1.82) is 0 Å². The molecule has 0 spiro atoms. The van der Waals surface area contributed by atoms with Crippen LogP contribution in [-0.4, -0.2) is 45.8 Å². The standard InChI is InChI=1S/C29H48O4/c1-6-29(32,7-2)16-9-17-33-21(4)25-13-14-26-22(10-8-15-28(25,26)5)11-12-23-18-24(30)19-27(31)20(23)3/h11-12,21,24-27,30-32H,3,6-10,13-19H2,1-2,4-5H3/b22-11-,23-12-/t21-,24-,25+,26+,27+,28-/m0/s1. The van der Waals surface area contributed by atoms with Crippen LogP contribution in [0.4, 0.5) is 0 Å². The van der Waals surface area contributed by atoms with Crippen LogP contribution in [0, 0.1) is 17.3 Å². The Labute approximate surface area is 201 Å². The minimum Gasteiger partial charge on any atom is -0.393 e. The lowest BCUT2D eigenvalue weighted by Crippen LogP contribution is -2.39. The van der Waals surface area contributed by atoms with E-state index in [1.165, 1.54) is 31.3 Å². The Kier molecular flexibility index (Phi) is 9.05. The molecule has 0 aromatic heterocycles. The van der Waals surface area contributed by atoms with Gasteiger partial charge < -0.3 is 20.1 Å². The number of aliphatic hydroxyl groups excluding tert-OH is 2. The molecule has 0 heterocycles. The second-order valence-corrected chi connectivity index (χ2v) is 11.3. The summed E-state index contributed by atoms with van der Waals surface area (Å²) in [4.78, 5) is 0. The molecule has 3 N–H and O–H groups in total. The van der Waals surface area contributed by atoms with Crippen LogP contribution in [-0.2, 0) is 4.74 Å². The zero-order valence-electron chi connectivity index (χ0n) is 21.5. The second kappa shape index (κ2) is 11.2. The number of rotatable bonds is 9. The summed E-state index contributed by atoms with van der Waals surface area (Å²) in [5, 5.41) is 30.7. The Balaban J connectivity index is 1.62. The molecule has 3 aliphatic carbocycles. The third-order valence-corrected chi connectivity index (χ3v) is 9.35. The highest BCUT2D eigenvalue weighted by atomic mass is 16.5. The van der Waals surface area contributed by atoms with Crippen molar-refractivity contribution >= 4 is 0 Å². The summed E-state index contributed by atoms with van der Waals surface area (Å²) in [6, 6.07) is 0. The van der Waals surface area contributed by atoms with Crippen molar-refractivity contribution in [2.75, 3.05) is 6.61 Å². The second-order valence-electron chi connectivity index (χ2n) is 11.3. The van der Waals surface area contributed by atoms with Gasteiger partial charge in [0.05, 0.1) is 23.9 Å². The predicted molar refractivity (Wildman–Crippen MR) is 135 cm³/mol. The largest absolute Gasteiger partial charge is 0.393 e. The number of allylic oxidation sites excluding steroid dienone is 3. The first-order valence-electron chi connectivity index (χ1n) is 13.4. The average molecular weight is 461 g/mol. The van der Waals surface area contributed by atoms with Crippen LogP contribution in [0.5, 0.6) is 0 Å². The van der Waals surface area contributed by atoms with E-state index in [0.717, 1.165) is 49.9 Å². The lowest BCUT2D eigenvalue weighted by atomic mass is 9.62. The smallest absolute Gasteiger partial charge is 0.0811 e. The van der Waals surface area contributed by atoms with Crippen molar-refractivity contribution in [1.82, 2.24) is 0 Å². The normalized spacial score (nSPS) is 36.4. The minimum atomic E-state index is -0.630. The maximum absolute atomic E-state index is 10.5. The highest BCUT2D eigenvalue weighted by Crippen LogP contribution is 2.58. The molecule has 6 atom stereocenters. The molecular weight excluding hydrogens is 412 g/mol. The van der Waals surface area contributed by atoms with Gasteiger partial charge in [0.25, 0.3) is 0 Å². The van der Waals surface area contributed by atoms with E-state index in [2.05, 4.69) is 46.4 Å². The molecule has 3 rings (SSSR count). The fourth-order valence-electron chi connectivity index (χ4n) is 6.91. The summed E-state index contributed by atoms with van der Waals surface area (Å²) in [7, 11) is 0. The third kappa shape index (κ3) is 6.01. The van der Waals surface area contributed by atoms with E-state index < -0.39 is 17.8 Å². The Morgan fingerprint density at radius 2 is 1.94 bits per heavy atom. The summed E-state index contributed by atoms with van der Waals surface area (Å²) in [5.74, 6) is 1.14. The van der Waals surface area contributed by atoms with Crippen molar-refractivity contribution in [3.8, 4) is 0 Å². The van der Waals surface area contributed by atoms with Crippen LogP contribution in [0.3, 0.4) is 0 Å². The molecule has 0 bridgehead atoms. The average Bonchev–Trinajstić information content (AvgIpc) is 3.15. The van der Waals surface area contributed by atoms with E-state index in [1.54, 1.807) is 0 Å². The van der Waals surface area contributed by atoms with Gasteiger partial charge in [0.15, 0.2) is 0 Å². The van der Waals surface area contributed by atoms with Gasteiger partial charge in [-0.15, -0.1) is 0 Å². The van der Waals surface area contributed by atoms with Crippen LogP contribution >= 0.6 is 0 Å². The van der Waals surface area contributed by atoms with Crippen molar-refractivity contribution in [3.05, 3.63) is 35.5 Å². The van der Waals surface area contributed by atoms with E-state index in [9.17, 15) is 15.3 Å². The number of hydrogen-bond acceptors (Lipinski definition) is 4. The lowest BCUT2D eigenvalue weighted by molar-refractivity contribution is -0.0365. The third-order valence-electron chi connectivity index (χ3n) is 9.35. The lowest BCUT2D eigenvalue weighted by Gasteiger charge is -2.44. The van der Waals surface area contributed by atoms with E-state index >= 15 is 0 Å². The highest BCUT2D eigenvalue weighted by Gasteiger charge is 2.51. The van der Waals surface area contributed by atoms with Gasteiger partial charge in [0.2, 0.25) is 0 Å². The fourth-order valence-corrected chi connectivity index (χ4v) is 6.91. The molecule has 3 fully saturated rings. The summed E-state index contributed by atoms with van der Waals surface area (Å²) < 4.78 is 6.34. The molecule has 3 saturated carbocycles. The van der Waals surface area contributed by atoms with Gasteiger partial charge in [-0.3, -0.25) is 0 Å². The summed E-state index contributed by atoms with van der Waals surface area (Å²) in [6.45, 7) is 13.6. The van der Waals surface area contributed by atoms with Crippen molar-refractivity contribution < 1.29 is 20.1 Å². The predicted octanol–water partition coefficient (Wildman–Crippen LogP) is 5.86. The zero-order chi connectivity index (χ0) is 24.2. The maximum atomic E-state index is 10.5. The number of ether oxygens (including phenoxy) is 1. The van der Waals surface area contributed by atoms with Crippen LogP contribution < -0.4 is 0 Å². The summed E-state index contributed by atoms with van der Waals surface area (Å²) in [6.07, 6.45) is 13.8. The first-order valence-corrected chi connectivity index (χ1v) is 13.4. The van der Waals surface area contributed by atoms with Crippen LogP contribution in [0.25, 0.3) is 0 Å². The first kappa shape index (κ1) is 26.7. The molecule has 0 saturated heterocycles. The molecule has 0 unspecified atom stereocenters. The number of aliphatic hydroxyl groups is 3. The van der Waals surface area contributed by atoms with Crippen LogP contribution in [0.2, 0.25) is 0 Å². The molecule has 0 radical (unpaired) electrons. The quantitative estimate of drug-likeness (QED) is 0.377. The molecule has 0 amide bonds. The molecule has 0 aliphatic heterocycles.